The normalized spacial score (nSPS) is 26.2. The fourth-order valence-electron chi connectivity index (χ4n) is 5.12. The van der Waals surface area contributed by atoms with Gasteiger partial charge in [-0.3, -0.25) is 4.79 Å². The maximum absolute atomic E-state index is 13.3. The predicted octanol–water partition coefficient (Wildman–Crippen LogP) is 4.39. The zero-order valence-corrected chi connectivity index (χ0v) is 17.9. The van der Waals surface area contributed by atoms with Crippen LogP contribution in [0.25, 0.3) is 0 Å². The summed E-state index contributed by atoms with van der Waals surface area (Å²) in [5.74, 6) is -1.06. The average Bonchev–Trinajstić information content (AvgIpc) is 2.75. The number of aliphatic hydroxyl groups is 2. The first-order chi connectivity index (χ1) is 14.7. The van der Waals surface area contributed by atoms with Crippen molar-refractivity contribution < 1.29 is 19.7 Å². The van der Waals surface area contributed by atoms with Crippen LogP contribution in [0.5, 0.6) is 5.75 Å². The van der Waals surface area contributed by atoms with Gasteiger partial charge in [0.25, 0.3) is 0 Å². The van der Waals surface area contributed by atoms with E-state index in [1.54, 1.807) is 30.3 Å². The molecule has 3 aromatic carbocycles. The van der Waals surface area contributed by atoms with Crippen LogP contribution in [0.3, 0.4) is 0 Å². The summed E-state index contributed by atoms with van der Waals surface area (Å²) in [6, 6.07) is 22.0. The molecular formula is C27H26O4. The van der Waals surface area contributed by atoms with E-state index in [0.29, 0.717) is 28.0 Å². The molecule has 0 aromatic heterocycles. The number of esters is 1. The fourth-order valence-corrected chi connectivity index (χ4v) is 5.12. The number of fused-ring (bicyclic) bond motifs is 1. The first-order valence-corrected chi connectivity index (χ1v) is 10.6. The number of benzene rings is 3. The monoisotopic (exact) mass is 414 g/mol. The van der Waals surface area contributed by atoms with Gasteiger partial charge in [0.2, 0.25) is 0 Å². The zero-order valence-electron chi connectivity index (χ0n) is 17.9. The van der Waals surface area contributed by atoms with Crippen molar-refractivity contribution >= 4 is 5.97 Å². The van der Waals surface area contributed by atoms with E-state index in [1.165, 1.54) is 0 Å². The molecule has 31 heavy (non-hydrogen) atoms. The molecule has 0 heterocycles. The van der Waals surface area contributed by atoms with Crippen molar-refractivity contribution in [3.63, 3.8) is 0 Å². The minimum absolute atomic E-state index is 0.0623. The van der Waals surface area contributed by atoms with Crippen LogP contribution in [-0.2, 0) is 21.4 Å². The number of carbonyl (C=O) groups excluding carboxylic acids is 1. The van der Waals surface area contributed by atoms with Crippen molar-refractivity contribution in [2.75, 3.05) is 0 Å². The predicted molar refractivity (Wildman–Crippen MR) is 118 cm³/mol. The SMILES string of the molecule is CC(C)(C)c1ccc2c(c1)C1(O)CC(C(=O)Oc3ccccc3)C2(O)c2ccccc21. The lowest BCUT2D eigenvalue weighted by Crippen LogP contribution is -2.57. The Kier molecular flexibility index (Phi) is 4.20. The molecular weight excluding hydrogens is 388 g/mol. The van der Waals surface area contributed by atoms with Crippen LogP contribution in [0.2, 0.25) is 0 Å². The van der Waals surface area contributed by atoms with E-state index in [2.05, 4.69) is 20.8 Å². The summed E-state index contributed by atoms with van der Waals surface area (Å²) in [6.07, 6.45) is 0.0623. The number of para-hydroxylation sites is 1. The van der Waals surface area contributed by atoms with Crippen LogP contribution < -0.4 is 4.74 Å². The molecule has 2 bridgehead atoms. The summed E-state index contributed by atoms with van der Waals surface area (Å²) in [5, 5.41) is 24.1. The molecule has 0 saturated carbocycles. The van der Waals surface area contributed by atoms with Crippen molar-refractivity contribution in [3.05, 3.63) is 101 Å². The van der Waals surface area contributed by atoms with Gasteiger partial charge in [0.1, 0.15) is 17.0 Å². The Morgan fingerprint density at radius 3 is 2.16 bits per heavy atom. The minimum Gasteiger partial charge on any atom is -0.426 e. The summed E-state index contributed by atoms with van der Waals surface area (Å²) in [7, 11) is 0. The molecule has 3 aliphatic carbocycles. The van der Waals surface area contributed by atoms with Crippen molar-refractivity contribution in [2.45, 2.75) is 43.8 Å². The molecule has 3 aliphatic rings. The van der Waals surface area contributed by atoms with Gasteiger partial charge < -0.3 is 14.9 Å². The number of hydrogen-bond acceptors (Lipinski definition) is 4. The van der Waals surface area contributed by atoms with Gasteiger partial charge in [0.05, 0.1) is 5.92 Å². The van der Waals surface area contributed by atoms with Crippen LogP contribution in [0.4, 0.5) is 0 Å². The fraction of sp³-hybridized carbons (Fsp3) is 0.296. The van der Waals surface area contributed by atoms with E-state index in [-0.39, 0.29) is 11.8 Å². The topological polar surface area (TPSA) is 66.8 Å². The molecule has 0 amide bonds. The lowest BCUT2D eigenvalue weighted by Gasteiger charge is -2.54. The van der Waals surface area contributed by atoms with Crippen LogP contribution in [0.15, 0.2) is 72.8 Å². The lowest BCUT2D eigenvalue weighted by atomic mass is 9.54. The molecule has 0 fully saturated rings. The van der Waals surface area contributed by atoms with Crippen molar-refractivity contribution in [3.8, 4) is 5.75 Å². The second-order valence-electron chi connectivity index (χ2n) is 9.67. The first-order valence-electron chi connectivity index (χ1n) is 10.6. The van der Waals surface area contributed by atoms with Gasteiger partial charge in [0.15, 0.2) is 0 Å². The molecule has 4 heteroatoms. The van der Waals surface area contributed by atoms with Gasteiger partial charge >= 0.3 is 5.97 Å². The second-order valence-corrected chi connectivity index (χ2v) is 9.67. The molecule has 6 rings (SSSR count). The summed E-state index contributed by atoms with van der Waals surface area (Å²) in [4.78, 5) is 13.3. The van der Waals surface area contributed by atoms with Crippen LogP contribution in [0.1, 0.15) is 55.0 Å². The number of ether oxygens (including phenoxy) is 1. The smallest absolute Gasteiger partial charge is 0.318 e. The highest BCUT2D eigenvalue weighted by atomic mass is 16.5. The van der Waals surface area contributed by atoms with Crippen LogP contribution in [0, 0.1) is 5.92 Å². The highest BCUT2D eigenvalue weighted by molar-refractivity contribution is 5.81. The first kappa shape index (κ1) is 20.0. The average molecular weight is 415 g/mol. The summed E-state index contributed by atoms with van der Waals surface area (Å²) < 4.78 is 5.61. The molecule has 0 radical (unpaired) electrons. The van der Waals surface area contributed by atoms with E-state index in [4.69, 9.17) is 4.74 Å². The molecule has 3 unspecified atom stereocenters. The molecule has 0 aliphatic heterocycles. The number of hydrogen-bond donors (Lipinski definition) is 2. The van der Waals surface area contributed by atoms with Crippen molar-refractivity contribution in [1.82, 2.24) is 0 Å². The van der Waals surface area contributed by atoms with Gasteiger partial charge in [-0.1, -0.05) is 81.4 Å². The Bertz CT molecular complexity index is 1180. The third-order valence-corrected chi connectivity index (χ3v) is 6.78. The Balaban J connectivity index is 1.69. The van der Waals surface area contributed by atoms with Crippen molar-refractivity contribution in [2.24, 2.45) is 5.92 Å². The molecule has 3 atom stereocenters. The Morgan fingerprint density at radius 1 is 0.871 bits per heavy atom. The highest BCUT2D eigenvalue weighted by Crippen LogP contribution is 2.60. The zero-order chi connectivity index (χ0) is 22.0. The lowest BCUT2D eigenvalue weighted by molar-refractivity contribution is -0.157. The molecule has 4 nitrogen and oxygen atoms in total. The van der Waals surface area contributed by atoms with Gasteiger partial charge in [0, 0.05) is 6.42 Å². The number of rotatable bonds is 2. The van der Waals surface area contributed by atoms with Crippen molar-refractivity contribution in [1.29, 1.82) is 0 Å². The summed E-state index contributed by atoms with van der Waals surface area (Å²) >= 11 is 0. The quantitative estimate of drug-likeness (QED) is 0.482. The largest absolute Gasteiger partial charge is 0.426 e. The van der Waals surface area contributed by atoms with Crippen LogP contribution in [-0.4, -0.2) is 16.2 Å². The molecule has 3 aromatic rings. The van der Waals surface area contributed by atoms with E-state index in [0.717, 1.165) is 5.56 Å². The maximum Gasteiger partial charge on any atom is 0.318 e. The number of carbonyl (C=O) groups is 1. The Morgan fingerprint density at radius 2 is 1.48 bits per heavy atom. The van der Waals surface area contributed by atoms with E-state index in [9.17, 15) is 15.0 Å². The Hall–Kier alpha value is -2.95. The standard InChI is InChI=1S/C27H26O4/c1-25(2,3)17-13-14-21-22(15-17)26(29)16-23(24(28)31-18-9-5-4-6-10-18)27(21,30)20-12-8-7-11-19(20)26/h4-15,23,29-30H,16H2,1-3H3. The third kappa shape index (κ3) is 2.79. The molecule has 2 N–H and O–H groups in total. The Labute approximate surface area is 182 Å². The van der Waals surface area contributed by atoms with Gasteiger partial charge in [-0.05, 0) is 45.4 Å². The summed E-state index contributed by atoms with van der Waals surface area (Å²) in [5.41, 5.74) is 0.464. The molecule has 158 valence electrons. The van der Waals surface area contributed by atoms with E-state index >= 15 is 0 Å². The molecule has 0 spiro atoms. The molecule has 0 saturated heterocycles. The minimum atomic E-state index is -1.57. The summed E-state index contributed by atoms with van der Waals surface area (Å²) in [6.45, 7) is 6.34. The third-order valence-electron chi connectivity index (χ3n) is 6.78. The second kappa shape index (κ2) is 6.52. The van der Waals surface area contributed by atoms with E-state index in [1.807, 2.05) is 42.5 Å². The maximum atomic E-state index is 13.3. The van der Waals surface area contributed by atoms with Gasteiger partial charge in [-0.15, -0.1) is 0 Å². The van der Waals surface area contributed by atoms with E-state index < -0.39 is 23.1 Å². The van der Waals surface area contributed by atoms with Crippen LogP contribution >= 0.6 is 0 Å². The highest BCUT2D eigenvalue weighted by Gasteiger charge is 2.62. The van der Waals surface area contributed by atoms with Gasteiger partial charge in [-0.25, -0.2) is 0 Å². The van der Waals surface area contributed by atoms with Gasteiger partial charge in [-0.2, -0.15) is 0 Å².